The van der Waals surface area contributed by atoms with Gasteiger partial charge in [0.1, 0.15) is 0 Å². The second-order valence-corrected chi connectivity index (χ2v) is 6.93. The lowest BCUT2D eigenvalue weighted by Gasteiger charge is -2.09. The van der Waals surface area contributed by atoms with Gasteiger partial charge in [-0.1, -0.05) is 18.2 Å². The monoisotopic (exact) mass is 404 g/mol. The molecular formula is C23H24N4O3. The molecule has 2 N–H and O–H groups in total. The molecule has 7 heteroatoms. The van der Waals surface area contributed by atoms with E-state index < -0.39 is 0 Å². The number of hydrogen-bond acceptors (Lipinski definition) is 4. The summed E-state index contributed by atoms with van der Waals surface area (Å²) in [6.07, 6.45) is 0. The van der Waals surface area contributed by atoms with Crippen LogP contribution in [0.5, 0.6) is 11.5 Å². The molecular weight excluding hydrogens is 380 g/mol. The number of H-pyrrole nitrogens is 1. The second-order valence-electron chi connectivity index (χ2n) is 6.93. The van der Waals surface area contributed by atoms with Crippen molar-refractivity contribution in [3.63, 3.8) is 0 Å². The Morgan fingerprint density at radius 2 is 1.87 bits per heavy atom. The molecule has 0 bridgehead atoms. The predicted molar refractivity (Wildman–Crippen MR) is 117 cm³/mol. The Kier molecular flexibility index (Phi) is 5.18. The van der Waals surface area contributed by atoms with Crippen LogP contribution in [0.25, 0.3) is 22.3 Å². The molecule has 2 aromatic carbocycles. The highest BCUT2D eigenvalue weighted by Crippen LogP contribution is 2.33. The van der Waals surface area contributed by atoms with Crippen LogP contribution in [0.15, 0.2) is 48.5 Å². The Morgan fingerprint density at radius 1 is 1.10 bits per heavy atom. The van der Waals surface area contributed by atoms with Crippen LogP contribution in [0.1, 0.15) is 22.8 Å². The number of benzene rings is 2. The maximum Gasteiger partial charge on any atom is 0.257 e. The fourth-order valence-electron chi connectivity index (χ4n) is 3.83. The Morgan fingerprint density at radius 3 is 2.60 bits per heavy atom. The molecule has 0 radical (unpaired) electrons. The molecule has 0 aliphatic rings. The number of nitrogens with one attached hydrogen (secondary N) is 2. The Bertz CT molecular complexity index is 1220. The maximum absolute atomic E-state index is 12.7. The topological polar surface area (TPSA) is 81.2 Å². The van der Waals surface area contributed by atoms with E-state index in [1.165, 1.54) is 23.6 Å². The molecule has 0 saturated heterocycles. The molecule has 0 atom stereocenters. The molecule has 154 valence electrons. The van der Waals surface area contributed by atoms with E-state index in [-0.39, 0.29) is 5.91 Å². The van der Waals surface area contributed by atoms with Gasteiger partial charge in [-0.3, -0.25) is 9.89 Å². The van der Waals surface area contributed by atoms with E-state index in [0.29, 0.717) is 22.9 Å². The van der Waals surface area contributed by atoms with Crippen LogP contribution in [0, 0.1) is 6.92 Å². The van der Waals surface area contributed by atoms with Crippen molar-refractivity contribution >= 4 is 22.6 Å². The van der Waals surface area contributed by atoms with Crippen molar-refractivity contribution in [3.8, 4) is 22.9 Å². The number of rotatable bonds is 6. The normalized spacial score (nSPS) is 10.9. The highest BCUT2D eigenvalue weighted by atomic mass is 16.5. The lowest BCUT2D eigenvalue weighted by Crippen LogP contribution is -2.12. The molecule has 0 unspecified atom stereocenters. The van der Waals surface area contributed by atoms with Crippen LogP contribution in [0.2, 0.25) is 0 Å². The first-order chi connectivity index (χ1) is 14.6. The van der Waals surface area contributed by atoms with Crippen LogP contribution >= 0.6 is 0 Å². The minimum absolute atomic E-state index is 0.276. The van der Waals surface area contributed by atoms with Crippen LogP contribution in [0.3, 0.4) is 0 Å². The van der Waals surface area contributed by atoms with E-state index >= 15 is 0 Å². The summed E-state index contributed by atoms with van der Waals surface area (Å²) in [5.74, 6) is 1.24. The molecule has 0 aliphatic heterocycles. The SMILES string of the molecule is CCn1c(-c2cc(NC(=O)c3ccc(OC)c(OC)c3)n[nH]2)c(C)c2ccccc21. The summed E-state index contributed by atoms with van der Waals surface area (Å²) in [6, 6.07) is 15.2. The fourth-order valence-corrected chi connectivity index (χ4v) is 3.83. The summed E-state index contributed by atoms with van der Waals surface area (Å²) in [7, 11) is 3.09. The molecule has 2 aromatic heterocycles. The van der Waals surface area contributed by atoms with Crippen molar-refractivity contribution in [2.75, 3.05) is 19.5 Å². The zero-order chi connectivity index (χ0) is 21.3. The third kappa shape index (κ3) is 3.28. The molecule has 7 nitrogen and oxygen atoms in total. The van der Waals surface area contributed by atoms with E-state index in [0.717, 1.165) is 17.9 Å². The largest absolute Gasteiger partial charge is 0.493 e. The highest BCUT2D eigenvalue weighted by molar-refractivity contribution is 6.04. The van der Waals surface area contributed by atoms with Crippen molar-refractivity contribution in [2.45, 2.75) is 20.4 Å². The van der Waals surface area contributed by atoms with Gasteiger partial charge in [0.15, 0.2) is 17.3 Å². The maximum atomic E-state index is 12.7. The van der Waals surface area contributed by atoms with Gasteiger partial charge in [0, 0.05) is 29.1 Å². The summed E-state index contributed by atoms with van der Waals surface area (Å²) in [5, 5.41) is 11.4. The Hall–Kier alpha value is -3.74. The molecule has 30 heavy (non-hydrogen) atoms. The van der Waals surface area contributed by atoms with Gasteiger partial charge >= 0.3 is 0 Å². The number of hydrogen-bond donors (Lipinski definition) is 2. The number of aromatic nitrogens is 3. The summed E-state index contributed by atoms with van der Waals surface area (Å²) in [6.45, 7) is 5.05. The number of carbonyl (C=O) groups is 1. The number of aromatic amines is 1. The standard InChI is InChI=1S/C23H24N4O3/c1-5-27-18-9-7-6-8-16(18)14(2)22(27)17-13-21(26-25-17)24-23(28)15-10-11-19(29-3)20(12-15)30-4/h6-13H,5H2,1-4H3,(H2,24,25,26,28). The van der Waals surface area contributed by atoms with Crippen molar-refractivity contribution in [1.29, 1.82) is 0 Å². The number of amides is 1. The van der Waals surface area contributed by atoms with Crippen molar-refractivity contribution in [1.82, 2.24) is 14.8 Å². The number of para-hydroxylation sites is 1. The third-order valence-corrected chi connectivity index (χ3v) is 5.26. The fraction of sp³-hybridized carbons (Fsp3) is 0.217. The summed E-state index contributed by atoms with van der Waals surface area (Å²) in [4.78, 5) is 12.7. The summed E-state index contributed by atoms with van der Waals surface area (Å²) < 4.78 is 12.7. The first-order valence-corrected chi connectivity index (χ1v) is 9.74. The minimum atomic E-state index is -0.276. The van der Waals surface area contributed by atoms with Crippen molar-refractivity contribution in [3.05, 3.63) is 59.7 Å². The molecule has 1 amide bonds. The summed E-state index contributed by atoms with van der Waals surface area (Å²) in [5.41, 5.74) is 4.73. The van der Waals surface area contributed by atoms with Crippen LogP contribution in [-0.4, -0.2) is 34.9 Å². The first-order valence-electron chi connectivity index (χ1n) is 9.74. The Labute approximate surface area is 174 Å². The molecule has 0 saturated carbocycles. The smallest absolute Gasteiger partial charge is 0.257 e. The van der Waals surface area contributed by atoms with Crippen molar-refractivity contribution in [2.24, 2.45) is 0 Å². The average Bonchev–Trinajstić information content (AvgIpc) is 3.34. The van der Waals surface area contributed by atoms with E-state index in [2.05, 4.69) is 46.1 Å². The molecule has 0 aliphatic carbocycles. The summed E-state index contributed by atoms with van der Waals surface area (Å²) >= 11 is 0. The number of nitrogens with zero attached hydrogens (tertiary/aromatic N) is 2. The quantitative estimate of drug-likeness (QED) is 0.491. The molecule has 2 heterocycles. The molecule has 4 aromatic rings. The number of ether oxygens (including phenoxy) is 2. The lowest BCUT2D eigenvalue weighted by atomic mass is 10.1. The van der Waals surface area contributed by atoms with Crippen molar-refractivity contribution < 1.29 is 14.3 Å². The van der Waals surface area contributed by atoms with Gasteiger partial charge in [0.25, 0.3) is 5.91 Å². The van der Waals surface area contributed by atoms with Gasteiger partial charge in [-0.15, -0.1) is 0 Å². The van der Waals surface area contributed by atoms with Gasteiger partial charge in [-0.2, -0.15) is 5.10 Å². The zero-order valence-corrected chi connectivity index (χ0v) is 17.4. The number of carbonyl (C=O) groups excluding carboxylic acids is 1. The van der Waals surface area contributed by atoms with E-state index in [9.17, 15) is 4.79 Å². The average molecular weight is 404 g/mol. The number of methoxy groups -OCH3 is 2. The lowest BCUT2D eigenvalue weighted by molar-refractivity contribution is 0.102. The van der Waals surface area contributed by atoms with Gasteiger partial charge in [-0.25, -0.2) is 0 Å². The minimum Gasteiger partial charge on any atom is -0.493 e. The Balaban J connectivity index is 1.64. The van der Waals surface area contributed by atoms with E-state index in [1.54, 1.807) is 25.3 Å². The number of anilines is 1. The van der Waals surface area contributed by atoms with E-state index in [1.807, 2.05) is 18.2 Å². The van der Waals surface area contributed by atoms with E-state index in [4.69, 9.17) is 9.47 Å². The van der Waals surface area contributed by atoms with Gasteiger partial charge in [0.05, 0.1) is 25.6 Å². The first kappa shape index (κ1) is 19.6. The number of fused-ring (bicyclic) bond motifs is 1. The predicted octanol–water partition coefficient (Wildman–Crippen LogP) is 4.63. The van der Waals surface area contributed by atoms with Crippen LogP contribution in [0.4, 0.5) is 5.82 Å². The van der Waals surface area contributed by atoms with Crippen LogP contribution < -0.4 is 14.8 Å². The number of aryl methyl sites for hydroxylation is 2. The highest BCUT2D eigenvalue weighted by Gasteiger charge is 2.18. The second kappa shape index (κ2) is 7.94. The molecule has 0 spiro atoms. The van der Waals surface area contributed by atoms with Gasteiger partial charge in [0.2, 0.25) is 0 Å². The van der Waals surface area contributed by atoms with Gasteiger partial charge in [-0.05, 0) is 43.7 Å². The van der Waals surface area contributed by atoms with Crippen LogP contribution in [-0.2, 0) is 6.54 Å². The van der Waals surface area contributed by atoms with Gasteiger partial charge < -0.3 is 19.4 Å². The molecule has 4 rings (SSSR count). The third-order valence-electron chi connectivity index (χ3n) is 5.26. The molecule has 0 fully saturated rings. The zero-order valence-electron chi connectivity index (χ0n) is 17.4.